The number of alkyl halides is 6. The Kier molecular flexibility index (Phi) is 6.03. The van der Waals surface area contributed by atoms with E-state index >= 15 is 0 Å². The van der Waals surface area contributed by atoms with Crippen LogP contribution >= 0.6 is 11.3 Å². The molecule has 0 amide bonds. The third kappa shape index (κ3) is 5.34. The summed E-state index contributed by atoms with van der Waals surface area (Å²) < 4.78 is 83.4. The maximum absolute atomic E-state index is 13.2. The van der Waals surface area contributed by atoms with Gasteiger partial charge in [-0.1, -0.05) is 23.5 Å². The number of esters is 1. The standard InChI is InChI=1S/C16H13F6NO3S/c1-9-8-27-14(25)23(9)6-5-12(24)26-13(16(20,21)22)10-3-2-4-11(7-10)15(17,18)19/h2-4,7-8,13H,5-6H2,1H3/t13-/m1/s1. The molecule has 1 atom stereocenters. The third-order valence-electron chi connectivity index (χ3n) is 3.58. The summed E-state index contributed by atoms with van der Waals surface area (Å²) in [6.07, 6.45) is -13.3. The zero-order valence-corrected chi connectivity index (χ0v) is 14.5. The number of hydrogen-bond acceptors (Lipinski definition) is 4. The van der Waals surface area contributed by atoms with Crippen LogP contribution in [0.25, 0.3) is 0 Å². The number of benzene rings is 1. The molecule has 2 aromatic rings. The van der Waals surface area contributed by atoms with Gasteiger partial charge in [0, 0.05) is 23.2 Å². The monoisotopic (exact) mass is 413 g/mol. The molecule has 0 fully saturated rings. The number of aryl methyl sites for hydroxylation is 1. The molecule has 1 aromatic heterocycles. The van der Waals surface area contributed by atoms with Gasteiger partial charge in [0.15, 0.2) is 0 Å². The lowest BCUT2D eigenvalue weighted by Crippen LogP contribution is -2.27. The first kappa shape index (κ1) is 21.0. The predicted octanol–water partition coefficient (Wildman–Crippen LogP) is 4.47. The number of ether oxygens (including phenoxy) is 1. The molecule has 0 saturated heterocycles. The SMILES string of the molecule is Cc1csc(=O)n1CCC(=O)O[C@H](c1cccc(C(F)(F)F)c1)C(F)(F)F. The van der Waals surface area contributed by atoms with E-state index in [-0.39, 0.29) is 11.4 Å². The van der Waals surface area contributed by atoms with Crippen molar-refractivity contribution in [3.63, 3.8) is 0 Å². The molecule has 148 valence electrons. The third-order valence-corrected chi connectivity index (χ3v) is 4.46. The summed E-state index contributed by atoms with van der Waals surface area (Å²) in [5, 5.41) is 1.52. The summed E-state index contributed by atoms with van der Waals surface area (Å²) in [4.78, 5) is 23.0. The minimum atomic E-state index is -5.10. The second-order valence-electron chi connectivity index (χ2n) is 5.58. The van der Waals surface area contributed by atoms with E-state index in [9.17, 15) is 35.9 Å². The van der Waals surface area contributed by atoms with E-state index in [2.05, 4.69) is 4.74 Å². The largest absolute Gasteiger partial charge is 0.448 e. The van der Waals surface area contributed by atoms with E-state index < -0.39 is 42.0 Å². The fourth-order valence-corrected chi connectivity index (χ4v) is 3.03. The number of halogens is 6. The van der Waals surface area contributed by atoms with E-state index in [1.54, 1.807) is 6.92 Å². The maximum Gasteiger partial charge on any atom is 0.429 e. The van der Waals surface area contributed by atoms with Crippen LogP contribution in [0.1, 0.15) is 29.3 Å². The second kappa shape index (κ2) is 7.75. The zero-order valence-electron chi connectivity index (χ0n) is 13.7. The van der Waals surface area contributed by atoms with Crippen molar-refractivity contribution in [3.05, 3.63) is 56.1 Å². The quantitative estimate of drug-likeness (QED) is 0.537. The van der Waals surface area contributed by atoms with Crippen LogP contribution in [-0.2, 0) is 22.3 Å². The molecule has 0 saturated carbocycles. The predicted molar refractivity (Wildman–Crippen MR) is 84.3 cm³/mol. The van der Waals surface area contributed by atoms with Crippen LogP contribution in [0.2, 0.25) is 0 Å². The second-order valence-corrected chi connectivity index (χ2v) is 6.40. The summed E-state index contributed by atoms with van der Waals surface area (Å²) in [6, 6.07) is 2.51. The molecule has 0 aliphatic heterocycles. The molecule has 1 heterocycles. The van der Waals surface area contributed by atoms with Gasteiger partial charge in [0.05, 0.1) is 12.0 Å². The van der Waals surface area contributed by atoms with Crippen molar-refractivity contribution in [2.75, 3.05) is 0 Å². The van der Waals surface area contributed by atoms with Gasteiger partial charge in [0.25, 0.3) is 0 Å². The fraction of sp³-hybridized carbons (Fsp3) is 0.375. The van der Waals surface area contributed by atoms with Crippen LogP contribution in [0.3, 0.4) is 0 Å². The summed E-state index contributed by atoms with van der Waals surface area (Å²) >= 11 is 0.870. The van der Waals surface area contributed by atoms with Crippen molar-refractivity contribution in [2.45, 2.75) is 38.3 Å². The highest BCUT2D eigenvalue weighted by atomic mass is 32.1. The number of carbonyl (C=O) groups is 1. The van der Waals surface area contributed by atoms with Crippen molar-refractivity contribution in [3.8, 4) is 0 Å². The van der Waals surface area contributed by atoms with Crippen molar-refractivity contribution in [1.82, 2.24) is 4.57 Å². The molecule has 4 nitrogen and oxygen atoms in total. The topological polar surface area (TPSA) is 48.3 Å². The van der Waals surface area contributed by atoms with Crippen LogP contribution < -0.4 is 4.87 Å². The van der Waals surface area contributed by atoms with Gasteiger partial charge < -0.3 is 9.30 Å². The average molecular weight is 413 g/mol. The first-order chi connectivity index (χ1) is 12.4. The maximum atomic E-state index is 13.2. The van der Waals surface area contributed by atoms with Gasteiger partial charge in [-0.05, 0) is 19.1 Å². The molecule has 11 heteroatoms. The lowest BCUT2D eigenvalue weighted by molar-refractivity contribution is -0.224. The van der Waals surface area contributed by atoms with Gasteiger partial charge >= 0.3 is 23.2 Å². The van der Waals surface area contributed by atoms with Crippen LogP contribution in [-0.4, -0.2) is 16.7 Å². The number of carbonyl (C=O) groups excluding carboxylic acids is 1. The Hall–Kier alpha value is -2.30. The zero-order chi connectivity index (χ0) is 20.4. The van der Waals surface area contributed by atoms with Gasteiger partial charge in [-0.3, -0.25) is 9.59 Å². The molecule has 0 unspecified atom stereocenters. The summed E-state index contributed by atoms with van der Waals surface area (Å²) in [5.74, 6) is -1.28. The Morgan fingerprint density at radius 3 is 2.41 bits per heavy atom. The molecular formula is C16H13F6NO3S. The average Bonchev–Trinajstić information content (AvgIpc) is 2.87. The minimum Gasteiger partial charge on any atom is -0.448 e. The van der Waals surface area contributed by atoms with E-state index in [0.717, 1.165) is 23.5 Å². The number of hydrogen-bond donors (Lipinski definition) is 0. The highest BCUT2D eigenvalue weighted by molar-refractivity contribution is 7.07. The Morgan fingerprint density at radius 2 is 1.89 bits per heavy atom. The summed E-state index contributed by atoms with van der Waals surface area (Å²) in [6.45, 7) is 1.39. The Balaban J connectivity index is 2.18. The number of thiazole rings is 1. The minimum absolute atomic E-state index is 0.194. The van der Waals surface area contributed by atoms with E-state index in [1.807, 2.05) is 0 Å². The Bertz CT molecular complexity index is 868. The number of rotatable bonds is 5. The smallest absolute Gasteiger partial charge is 0.429 e. The molecule has 1 aromatic carbocycles. The molecule has 0 N–H and O–H groups in total. The molecule has 0 spiro atoms. The molecule has 0 bridgehead atoms. The van der Waals surface area contributed by atoms with Crippen LogP contribution in [0, 0.1) is 6.92 Å². The van der Waals surface area contributed by atoms with Crippen LogP contribution in [0.4, 0.5) is 26.3 Å². The fourth-order valence-electron chi connectivity index (χ4n) is 2.27. The van der Waals surface area contributed by atoms with Crippen molar-refractivity contribution < 1.29 is 35.9 Å². The lowest BCUT2D eigenvalue weighted by atomic mass is 10.1. The van der Waals surface area contributed by atoms with Crippen molar-refractivity contribution in [1.29, 1.82) is 0 Å². The molecular weight excluding hydrogens is 400 g/mol. The van der Waals surface area contributed by atoms with Gasteiger partial charge in [0.2, 0.25) is 6.10 Å². The van der Waals surface area contributed by atoms with Crippen molar-refractivity contribution in [2.24, 2.45) is 0 Å². The first-order valence-electron chi connectivity index (χ1n) is 7.48. The van der Waals surface area contributed by atoms with E-state index in [0.29, 0.717) is 17.8 Å². The van der Waals surface area contributed by atoms with Gasteiger partial charge in [-0.25, -0.2) is 0 Å². The normalized spacial score (nSPS) is 13.4. The van der Waals surface area contributed by atoms with Gasteiger partial charge in [0.1, 0.15) is 0 Å². The highest BCUT2D eigenvalue weighted by Crippen LogP contribution is 2.38. The molecule has 0 aliphatic rings. The molecule has 0 aliphatic carbocycles. The summed E-state index contributed by atoms with van der Waals surface area (Å²) in [7, 11) is 0. The number of nitrogens with zero attached hydrogens (tertiary/aromatic N) is 1. The van der Waals surface area contributed by atoms with Crippen molar-refractivity contribution >= 4 is 17.3 Å². The highest BCUT2D eigenvalue weighted by Gasteiger charge is 2.45. The van der Waals surface area contributed by atoms with Crippen LogP contribution in [0.15, 0.2) is 34.4 Å². The first-order valence-corrected chi connectivity index (χ1v) is 8.36. The number of aromatic nitrogens is 1. The van der Waals surface area contributed by atoms with Crippen LogP contribution in [0.5, 0.6) is 0 Å². The van der Waals surface area contributed by atoms with E-state index in [4.69, 9.17) is 0 Å². The van der Waals surface area contributed by atoms with Gasteiger partial charge in [-0.2, -0.15) is 26.3 Å². The van der Waals surface area contributed by atoms with E-state index in [1.165, 1.54) is 9.95 Å². The Morgan fingerprint density at radius 1 is 1.22 bits per heavy atom. The Labute approximate surface area is 153 Å². The molecule has 0 radical (unpaired) electrons. The lowest BCUT2D eigenvalue weighted by Gasteiger charge is -2.22. The molecule has 2 rings (SSSR count). The molecule has 27 heavy (non-hydrogen) atoms. The van der Waals surface area contributed by atoms with Gasteiger partial charge in [-0.15, -0.1) is 0 Å². The summed E-state index contributed by atoms with van der Waals surface area (Å²) in [5.41, 5.74) is -1.59.